The maximum absolute atomic E-state index is 13.4. The normalized spacial score (nSPS) is 10.3. The van der Waals surface area contributed by atoms with Gasteiger partial charge in [0.15, 0.2) is 11.6 Å². The van der Waals surface area contributed by atoms with Crippen molar-refractivity contribution >= 4 is 5.91 Å². The van der Waals surface area contributed by atoms with Gasteiger partial charge in [0, 0.05) is 17.2 Å². The Hall–Kier alpha value is -2.50. The fourth-order valence-electron chi connectivity index (χ4n) is 1.57. The van der Waals surface area contributed by atoms with Gasteiger partial charge in [0.2, 0.25) is 5.91 Å². The first-order valence-electron chi connectivity index (χ1n) is 5.63. The lowest BCUT2D eigenvalue weighted by atomic mass is 10.2. The maximum Gasteiger partial charge on any atom is 0.248 e. The van der Waals surface area contributed by atoms with Gasteiger partial charge in [-0.2, -0.15) is 0 Å². The molecule has 2 aromatic rings. The number of amides is 1. The third-order valence-electron chi connectivity index (χ3n) is 2.60. The van der Waals surface area contributed by atoms with E-state index >= 15 is 0 Å². The summed E-state index contributed by atoms with van der Waals surface area (Å²) in [6, 6.07) is 7.12. The quantitative estimate of drug-likeness (QED) is 0.876. The zero-order valence-corrected chi connectivity index (χ0v) is 10.2. The number of hydrogen-bond donors (Lipinski definition) is 1. The van der Waals surface area contributed by atoms with Crippen molar-refractivity contribution in [1.29, 1.82) is 0 Å². The topological polar surface area (TPSA) is 52.3 Å². The Morgan fingerprint density at radius 3 is 2.45 bits per heavy atom. The number of primary amides is 1. The molecule has 0 unspecified atom stereocenters. The Bertz CT molecular complexity index is 659. The first-order valence-corrected chi connectivity index (χ1v) is 5.63. The zero-order valence-electron chi connectivity index (χ0n) is 10.2. The van der Waals surface area contributed by atoms with Crippen molar-refractivity contribution in [3.05, 3.63) is 65.0 Å². The summed E-state index contributed by atoms with van der Waals surface area (Å²) in [6.07, 6.45) is 0. The summed E-state index contributed by atoms with van der Waals surface area (Å²) in [5, 5.41) is 0. The van der Waals surface area contributed by atoms with Crippen LogP contribution in [0, 0.1) is 17.5 Å². The van der Waals surface area contributed by atoms with E-state index in [1.807, 2.05) is 0 Å². The van der Waals surface area contributed by atoms with Gasteiger partial charge in [-0.3, -0.25) is 4.79 Å². The molecule has 0 aromatic heterocycles. The summed E-state index contributed by atoms with van der Waals surface area (Å²) in [7, 11) is 0. The highest BCUT2D eigenvalue weighted by Gasteiger charge is 2.10. The van der Waals surface area contributed by atoms with Gasteiger partial charge in [0.05, 0.1) is 0 Å². The molecule has 0 aliphatic heterocycles. The molecule has 2 aromatic carbocycles. The van der Waals surface area contributed by atoms with Crippen LogP contribution in [0.3, 0.4) is 0 Å². The minimum Gasteiger partial charge on any atom is -0.489 e. The second-order valence-electron chi connectivity index (χ2n) is 4.04. The Morgan fingerprint density at radius 2 is 1.75 bits per heavy atom. The van der Waals surface area contributed by atoms with Gasteiger partial charge in [-0.1, -0.05) is 6.07 Å². The number of benzene rings is 2. The molecule has 6 heteroatoms. The van der Waals surface area contributed by atoms with Gasteiger partial charge < -0.3 is 10.5 Å². The van der Waals surface area contributed by atoms with Crippen LogP contribution in [0.5, 0.6) is 5.75 Å². The van der Waals surface area contributed by atoms with Gasteiger partial charge in [-0.25, -0.2) is 13.2 Å². The summed E-state index contributed by atoms with van der Waals surface area (Å²) in [6.45, 7) is -0.300. The van der Waals surface area contributed by atoms with Gasteiger partial charge in [0.25, 0.3) is 0 Å². The lowest BCUT2D eigenvalue weighted by Gasteiger charge is -2.08. The van der Waals surface area contributed by atoms with E-state index in [0.717, 1.165) is 6.07 Å². The highest BCUT2D eigenvalue weighted by molar-refractivity contribution is 5.93. The van der Waals surface area contributed by atoms with E-state index in [9.17, 15) is 18.0 Å². The van der Waals surface area contributed by atoms with Gasteiger partial charge in [-0.05, 0) is 24.3 Å². The van der Waals surface area contributed by atoms with Crippen LogP contribution >= 0.6 is 0 Å². The molecule has 20 heavy (non-hydrogen) atoms. The van der Waals surface area contributed by atoms with E-state index in [2.05, 4.69) is 0 Å². The molecule has 0 heterocycles. The third-order valence-corrected chi connectivity index (χ3v) is 2.60. The number of nitrogens with two attached hydrogens (primary N) is 1. The van der Waals surface area contributed by atoms with E-state index in [1.165, 1.54) is 24.3 Å². The molecule has 0 saturated carbocycles. The molecular formula is C14H10F3NO2. The van der Waals surface area contributed by atoms with Crippen molar-refractivity contribution in [2.24, 2.45) is 5.73 Å². The fraction of sp³-hybridized carbons (Fsp3) is 0.0714. The maximum atomic E-state index is 13.4. The monoisotopic (exact) mass is 281 g/mol. The number of ether oxygens (including phenoxy) is 1. The summed E-state index contributed by atoms with van der Waals surface area (Å²) < 4.78 is 44.4. The Balaban J connectivity index is 2.15. The SMILES string of the molecule is NC(=O)c1cccc(OCc2cc(F)c(F)cc2F)c1. The summed E-state index contributed by atoms with van der Waals surface area (Å²) >= 11 is 0. The predicted octanol–water partition coefficient (Wildman–Crippen LogP) is 2.78. The number of hydrogen-bond acceptors (Lipinski definition) is 2. The molecule has 0 fully saturated rings. The van der Waals surface area contributed by atoms with Crippen molar-refractivity contribution < 1.29 is 22.7 Å². The van der Waals surface area contributed by atoms with E-state index in [1.54, 1.807) is 0 Å². The van der Waals surface area contributed by atoms with E-state index in [4.69, 9.17) is 10.5 Å². The van der Waals surface area contributed by atoms with Gasteiger partial charge in [-0.15, -0.1) is 0 Å². The highest BCUT2D eigenvalue weighted by atomic mass is 19.2. The van der Waals surface area contributed by atoms with Crippen molar-refractivity contribution in [2.75, 3.05) is 0 Å². The second-order valence-corrected chi connectivity index (χ2v) is 4.04. The average molecular weight is 281 g/mol. The molecule has 2 rings (SSSR count). The summed E-state index contributed by atoms with van der Waals surface area (Å²) in [5.41, 5.74) is 5.20. The summed E-state index contributed by atoms with van der Waals surface area (Å²) in [5.74, 6) is -3.69. The lowest BCUT2D eigenvalue weighted by molar-refractivity contribution is 0.1000. The molecule has 0 spiro atoms. The molecule has 2 N–H and O–H groups in total. The van der Waals surface area contributed by atoms with Crippen molar-refractivity contribution in [2.45, 2.75) is 6.61 Å². The standard InChI is InChI=1S/C14H10F3NO2/c15-11-6-13(17)12(16)5-9(11)7-20-10-3-1-2-8(4-10)14(18)19/h1-6H,7H2,(H2,18,19). The number of carbonyl (C=O) groups excluding carboxylic acids is 1. The van der Waals surface area contributed by atoms with E-state index in [-0.39, 0.29) is 23.5 Å². The molecule has 0 bridgehead atoms. The number of halogens is 3. The molecule has 0 aliphatic rings. The predicted molar refractivity (Wildman–Crippen MR) is 65.6 cm³/mol. The Labute approximate surface area is 112 Å². The molecule has 0 atom stereocenters. The minimum absolute atomic E-state index is 0.131. The average Bonchev–Trinajstić information content (AvgIpc) is 2.41. The van der Waals surface area contributed by atoms with Crippen LogP contribution in [0.1, 0.15) is 15.9 Å². The van der Waals surface area contributed by atoms with Crippen LogP contribution in [-0.2, 0) is 6.61 Å². The largest absolute Gasteiger partial charge is 0.489 e. The minimum atomic E-state index is -1.26. The first-order chi connectivity index (χ1) is 9.47. The van der Waals surface area contributed by atoms with Crippen LogP contribution in [0.4, 0.5) is 13.2 Å². The zero-order chi connectivity index (χ0) is 14.7. The smallest absolute Gasteiger partial charge is 0.248 e. The molecule has 3 nitrogen and oxygen atoms in total. The van der Waals surface area contributed by atoms with Gasteiger partial charge >= 0.3 is 0 Å². The van der Waals surface area contributed by atoms with Crippen molar-refractivity contribution in [1.82, 2.24) is 0 Å². The molecular weight excluding hydrogens is 271 g/mol. The first kappa shape index (κ1) is 13.9. The van der Waals surface area contributed by atoms with Crippen LogP contribution < -0.4 is 10.5 Å². The van der Waals surface area contributed by atoms with Crippen LogP contribution in [0.25, 0.3) is 0 Å². The highest BCUT2D eigenvalue weighted by Crippen LogP contribution is 2.18. The van der Waals surface area contributed by atoms with Crippen molar-refractivity contribution in [3.8, 4) is 5.75 Å². The number of carbonyl (C=O) groups is 1. The van der Waals surface area contributed by atoms with E-state index in [0.29, 0.717) is 6.07 Å². The molecule has 104 valence electrons. The molecule has 1 amide bonds. The van der Waals surface area contributed by atoms with Crippen LogP contribution in [0.2, 0.25) is 0 Å². The third kappa shape index (κ3) is 3.09. The Morgan fingerprint density at radius 1 is 1.05 bits per heavy atom. The lowest BCUT2D eigenvalue weighted by Crippen LogP contribution is -2.10. The molecule has 0 radical (unpaired) electrons. The second kappa shape index (κ2) is 5.64. The molecule has 0 aliphatic carbocycles. The Kier molecular flexibility index (Phi) is 3.93. The van der Waals surface area contributed by atoms with E-state index < -0.39 is 23.4 Å². The fourth-order valence-corrected chi connectivity index (χ4v) is 1.57. The summed E-state index contributed by atoms with van der Waals surface area (Å²) in [4.78, 5) is 11.0. The molecule has 0 saturated heterocycles. The number of rotatable bonds is 4. The van der Waals surface area contributed by atoms with Gasteiger partial charge in [0.1, 0.15) is 18.2 Å². The van der Waals surface area contributed by atoms with Crippen LogP contribution in [-0.4, -0.2) is 5.91 Å². The van der Waals surface area contributed by atoms with Crippen LogP contribution in [0.15, 0.2) is 36.4 Å². The van der Waals surface area contributed by atoms with Crippen molar-refractivity contribution in [3.63, 3.8) is 0 Å².